The highest BCUT2D eigenvalue weighted by Gasteiger charge is 2.34. The van der Waals surface area contributed by atoms with Crippen LogP contribution in [0.1, 0.15) is 59.7 Å². The number of ether oxygens (including phenoxy) is 1. The lowest BCUT2D eigenvalue weighted by Crippen LogP contribution is -2.43. The summed E-state index contributed by atoms with van der Waals surface area (Å²) in [6.07, 6.45) is 3.38. The molecule has 5 heteroatoms. The molecule has 2 aliphatic heterocycles. The molecule has 1 aromatic carbocycles. The summed E-state index contributed by atoms with van der Waals surface area (Å²) in [6, 6.07) is 10.0. The van der Waals surface area contributed by atoms with E-state index in [1.807, 2.05) is 29.2 Å². The molecule has 5 nitrogen and oxygen atoms in total. The minimum atomic E-state index is -0.128. The number of anilines is 1. The van der Waals surface area contributed by atoms with Gasteiger partial charge in [0.05, 0.1) is 11.7 Å². The van der Waals surface area contributed by atoms with Crippen molar-refractivity contribution in [2.75, 3.05) is 18.5 Å². The van der Waals surface area contributed by atoms with Crippen LogP contribution < -0.4 is 5.32 Å². The van der Waals surface area contributed by atoms with Gasteiger partial charge in [-0.3, -0.25) is 4.79 Å². The van der Waals surface area contributed by atoms with Crippen LogP contribution in [0.25, 0.3) is 0 Å². The predicted molar refractivity (Wildman–Crippen MR) is 107 cm³/mol. The Hall–Kier alpha value is -2.27. The smallest absolute Gasteiger partial charge is 0.257 e. The number of benzene rings is 1. The molecule has 1 saturated heterocycles. The van der Waals surface area contributed by atoms with Crippen molar-refractivity contribution in [3.8, 4) is 0 Å². The Kier molecular flexibility index (Phi) is 4.96. The summed E-state index contributed by atoms with van der Waals surface area (Å²) in [5, 5.41) is 3.61. The van der Waals surface area contributed by atoms with Crippen LogP contribution in [0.3, 0.4) is 0 Å². The molecule has 1 fully saturated rings. The summed E-state index contributed by atoms with van der Waals surface area (Å²) < 4.78 is 8.19. The van der Waals surface area contributed by atoms with Gasteiger partial charge in [-0.15, -0.1) is 0 Å². The van der Waals surface area contributed by atoms with Gasteiger partial charge in [-0.25, -0.2) is 0 Å². The number of nitrogens with one attached hydrogen (secondary N) is 1. The third kappa shape index (κ3) is 3.25. The van der Waals surface area contributed by atoms with Gasteiger partial charge >= 0.3 is 0 Å². The first-order chi connectivity index (χ1) is 13.1. The van der Waals surface area contributed by atoms with Crippen LogP contribution >= 0.6 is 0 Å². The molecule has 1 N–H and O–H groups in total. The first-order valence-corrected chi connectivity index (χ1v) is 10.0. The van der Waals surface area contributed by atoms with Gasteiger partial charge in [-0.1, -0.05) is 19.1 Å². The summed E-state index contributed by atoms with van der Waals surface area (Å²) in [6.45, 7) is 8.92. The van der Waals surface area contributed by atoms with E-state index in [1.165, 1.54) is 17.0 Å². The average molecular weight is 367 g/mol. The number of aromatic nitrogens is 1. The molecular formula is C22H29N3O2. The van der Waals surface area contributed by atoms with Crippen LogP contribution in [-0.2, 0) is 11.3 Å². The molecule has 1 amide bonds. The van der Waals surface area contributed by atoms with Crippen LogP contribution in [0.4, 0.5) is 5.69 Å². The van der Waals surface area contributed by atoms with E-state index in [0.29, 0.717) is 6.10 Å². The number of para-hydroxylation sites is 1. The van der Waals surface area contributed by atoms with Crippen LogP contribution in [0.2, 0.25) is 0 Å². The van der Waals surface area contributed by atoms with Gasteiger partial charge in [0.25, 0.3) is 5.91 Å². The summed E-state index contributed by atoms with van der Waals surface area (Å²) in [5.74, 6) is 0.111. The highest BCUT2D eigenvalue weighted by molar-refractivity contribution is 6.01. The van der Waals surface area contributed by atoms with Crippen molar-refractivity contribution >= 4 is 11.6 Å². The zero-order valence-corrected chi connectivity index (χ0v) is 16.5. The predicted octanol–water partition coefficient (Wildman–Crippen LogP) is 4.26. The van der Waals surface area contributed by atoms with Crippen LogP contribution in [-0.4, -0.2) is 34.6 Å². The highest BCUT2D eigenvalue weighted by Crippen LogP contribution is 2.35. The van der Waals surface area contributed by atoms with Gasteiger partial charge in [0, 0.05) is 42.3 Å². The van der Waals surface area contributed by atoms with E-state index in [1.54, 1.807) is 0 Å². The van der Waals surface area contributed by atoms with Crippen LogP contribution in [0.5, 0.6) is 0 Å². The third-order valence-electron chi connectivity index (χ3n) is 5.80. The molecule has 2 atom stereocenters. The van der Waals surface area contributed by atoms with Crippen molar-refractivity contribution in [2.45, 2.75) is 58.8 Å². The molecule has 4 rings (SSSR count). The van der Waals surface area contributed by atoms with E-state index in [-0.39, 0.29) is 12.1 Å². The average Bonchev–Trinajstić information content (AvgIpc) is 3.28. The van der Waals surface area contributed by atoms with Crippen molar-refractivity contribution in [3.63, 3.8) is 0 Å². The van der Waals surface area contributed by atoms with Crippen molar-refractivity contribution in [3.05, 3.63) is 52.8 Å². The molecule has 0 saturated carbocycles. The molecule has 0 bridgehead atoms. The molecule has 3 heterocycles. The molecule has 27 heavy (non-hydrogen) atoms. The fourth-order valence-electron chi connectivity index (χ4n) is 4.39. The topological polar surface area (TPSA) is 46.5 Å². The van der Waals surface area contributed by atoms with Crippen LogP contribution in [0, 0.1) is 13.8 Å². The monoisotopic (exact) mass is 367 g/mol. The first-order valence-electron chi connectivity index (χ1n) is 10.0. The summed E-state index contributed by atoms with van der Waals surface area (Å²) in [4.78, 5) is 15.1. The summed E-state index contributed by atoms with van der Waals surface area (Å²) >= 11 is 0. The molecule has 144 valence electrons. The molecule has 0 aliphatic carbocycles. The Bertz CT molecular complexity index is 836. The van der Waals surface area contributed by atoms with Gasteiger partial charge in [0.2, 0.25) is 0 Å². The highest BCUT2D eigenvalue weighted by atomic mass is 16.5. The fraction of sp³-hybridized carbons (Fsp3) is 0.500. The standard InChI is InChI=1S/C22H29N3O2/c1-4-11-24-21(23-20-10-6-5-9-18(20)22(24)26)19-13-15(2)25(16(19)3)14-17-8-7-12-27-17/h5-6,9-10,13,17,21,23H,4,7-8,11-12,14H2,1-3H3/t17-,21-/m0/s1. The minimum absolute atomic E-state index is 0.111. The van der Waals surface area contributed by atoms with E-state index >= 15 is 0 Å². The molecular weight excluding hydrogens is 338 g/mol. The quantitative estimate of drug-likeness (QED) is 0.859. The lowest BCUT2D eigenvalue weighted by molar-refractivity contribution is 0.0682. The lowest BCUT2D eigenvalue weighted by Gasteiger charge is -2.38. The molecule has 2 aromatic rings. The minimum Gasteiger partial charge on any atom is -0.376 e. The second kappa shape index (κ2) is 7.39. The number of hydrogen-bond donors (Lipinski definition) is 1. The Morgan fingerprint density at radius 1 is 1.26 bits per heavy atom. The normalized spacial score (nSPS) is 22.0. The Balaban J connectivity index is 1.69. The van der Waals surface area contributed by atoms with Gasteiger partial charge < -0.3 is 19.5 Å². The SMILES string of the molecule is CCCN1C(=O)c2ccccc2N[C@@H]1c1cc(C)n(C[C@@H]2CCCO2)c1C. The largest absolute Gasteiger partial charge is 0.376 e. The summed E-state index contributed by atoms with van der Waals surface area (Å²) in [7, 11) is 0. The van der Waals surface area contributed by atoms with E-state index in [4.69, 9.17) is 4.74 Å². The number of carbonyl (C=O) groups is 1. The molecule has 0 unspecified atom stereocenters. The third-order valence-corrected chi connectivity index (χ3v) is 5.80. The van der Waals surface area contributed by atoms with Crippen molar-refractivity contribution in [2.24, 2.45) is 0 Å². The van der Waals surface area contributed by atoms with E-state index in [0.717, 1.165) is 50.2 Å². The van der Waals surface area contributed by atoms with Gasteiger partial charge in [0.15, 0.2) is 0 Å². The van der Waals surface area contributed by atoms with Gasteiger partial charge in [-0.05, 0) is 51.3 Å². The van der Waals surface area contributed by atoms with E-state index < -0.39 is 0 Å². The van der Waals surface area contributed by atoms with Crippen molar-refractivity contribution in [1.29, 1.82) is 0 Å². The zero-order chi connectivity index (χ0) is 19.0. The number of rotatable bonds is 5. The number of nitrogens with zero attached hydrogens (tertiary/aromatic N) is 2. The Morgan fingerprint density at radius 2 is 2.07 bits per heavy atom. The number of amides is 1. The van der Waals surface area contributed by atoms with E-state index in [2.05, 4.69) is 36.7 Å². The van der Waals surface area contributed by atoms with E-state index in [9.17, 15) is 4.79 Å². The zero-order valence-electron chi connectivity index (χ0n) is 16.5. The van der Waals surface area contributed by atoms with Crippen LogP contribution in [0.15, 0.2) is 30.3 Å². The number of carbonyl (C=O) groups excluding carboxylic acids is 1. The molecule has 1 aromatic heterocycles. The second-order valence-corrected chi connectivity index (χ2v) is 7.66. The maximum Gasteiger partial charge on any atom is 0.257 e. The fourth-order valence-corrected chi connectivity index (χ4v) is 4.39. The number of aryl methyl sites for hydroxylation is 1. The molecule has 0 radical (unpaired) electrons. The maximum absolute atomic E-state index is 13.1. The van der Waals surface area contributed by atoms with Crippen molar-refractivity contribution in [1.82, 2.24) is 9.47 Å². The Labute approximate surface area is 161 Å². The molecule has 0 spiro atoms. The summed E-state index contributed by atoms with van der Waals surface area (Å²) in [5.41, 5.74) is 5.30. The maximum atomic E-state index is 13.1. The lowest BCUT2D eigenvalue weighted by atomic mass is 10.0. The van der Waals surface area contributed by atoms with Gasteiger partial charge in [-0.2, -0.15) is 0 Å². The molecule has 2 aliphatic rings. The van der Waals surface area contributed by atoms with Gasteiger partial charge in [0.1, 0.15) is 6.17 Å². The van der Waals surface area contributed by atoms with Crippen molar-refractivity contribution < 1.29 is 9.53 Å². The Morgan fingerprint density at radius 3 is 2.81 bits per heavy atom. The number of fused-ring (bicyclic) bond motifs is 1. The second-order valence-electron chi connectivity index (χ2n) is 7.66. The first kappa shape index (κ1) is 18.1. The number of hydrogen-bond acceptors (Lipinski definition) is 3.